The molecule has 11 rings (SSSR count). The summed E-state index contributed by atoms with van der Waals surface area (Å²) in [6.07, 6.45) is 5.66. The first-order valence-electron chi connectivity index (χ1n) is 24.5. The molecule has 5 nitrogen and oxygen atoms in total. The van der Waals surface area contributed by atoms with Gasteiger partial charge >= 0.3 is 0 Å². The van der Waals surface area contributed by atoms with Crippen molar-refractivity contribution in [2.45, 2.75) is 130 Å². The molecule has 354 valence electrons. The molecule has 0 amide bonds. The smallest absolute Gasteiger partial charge is 0.242 e. The van der Waals surface area contributed by atoms with Crippen molar-refractivity contribution in [2.75, 3.05) is 0 Å². The van der Waals surface area contributed by atoms with E-state index >= 15 is 0 Å². The van der Waals surface area contributed by atoms with Crippen molar-refractivity contribution in [3.8, 4) is 34.1 Å². The van der Waals surface area contributed by atoms with Crippen LogP contribution >= 0.6 is 0 Å². The first-order valence-corrected chi connectivity index (χ1v) is 24.5. The average Bonchev–Trinajstić information content (AvgIpc) is 3.89. The summed E-state index contributed by atoms with van der Waals surface area (Å²) in [5, 5.41) is 2.25. The number of fused-ring (bicyclic) bond motifs is 12. The first-order chi connectivity index (χ1) is 32.0. The number of aryl methyl sites for hydroxylation is 1. The summed E-state index contributed by atoms with van der Waals surface area (Å²) in [7, 11) is 2.11. The predicted molar refractivity (Wildman–Crippen MR) is 279 cm³/mol. The molecule has 0 radical (unpaired) electrons. The molecule has 1 aliphatic heterocycles. The minimum atomic E-state index is -0.689. The van der Waals surface area contributed by atoms with Gasteiger partial charge in [0.1, 0.15) is 5.82 Å². The summed E-state index contributed by atoms with van der Waals surface area (Å²) in [4.78, 5) is 4.90. The van der Waals surface area contributed by atoms with Crippen molar-refractivity contribution < 1.29 is 30.4 Å². The minimum absolute atomic E-state index is 0. The van der Waals surface area contributed by atoms with Crippen LogP contribution in [0.4, 0.5) is 0 Å². The molecule has 0 saturated heterocycles. The van der Waals surface area contributed by atoms with Crippen LogP contribution in [0.1, 0.15) is 153 Å². The predicted octanol–water partition coefficient (Wildman–Crippen LogP) is 15.1. The number of benzene rings is 6. The van der Waals surface area contributed by atoms with Gasteiger partial charge in [0.15, 0.2) is 0 Å². The van der Waals surface area contributed by atoms with E-state index in [1.54, 1.807) is 0 Å². The second-order valence-corrected chi connectivity index (χ2v) is 24.0. The SMILES string of the molecule is CC(C)c1ccnc(-n2c3[c-]c(Oc4[c-]c5c(cc4)C4(c6c(cc(C(C)(C)C)cc6C(C)(C)C)-c6cc(C(C)(C)C)cc(C(C)(C)C)c64)c4cccc6c4n-5[c-][n+]6C)ccc3c3ccccc32)c1.[Pt]. The molecule has 0 unspecified atom stereocenters. The Hall–Kier alpha value is -5.77. The van der Waals surface area contributed by atoms with Crippen LogP contribution in [0.5, 0.6) is 11.5 Å². The van der Waals surface area contributed by atoms with E-state index in [1.807, 2.05) is 12.3 Å². The van der Waals surface area contributed by atoms with Gasteiger partial charge in [0.2, 0.25) is 6.33 Å². The maximum atomic E-state index is 6.97. The summed E-state index contributed by atoms with van der Waals surface area (Å²) in [6.45, 7) is 32.9. The summed E-state index contributed by atoms with van der Waals surface area (Å²) >= 11 is 0. The van der Waals surface area contributed by atoms with E-state index in [1.165, 1.54) is 61.2 Å². The standard InChI is InChI=1S/C63H64N4O.Pt/c1-37(2)38-27-28-64-55(29-38)67-51-21-17-16-19-43(51)44-25-23-41(34-53(44)67)68-42-24-26-47-54(35-42)66-36-65(15)52-22-18-20-48(58(52)66)63(47)56-45(30-39(59(3,4)5)32-49(56)61(9,10)11)46-31-40(60(6,7)8)33-50(57(46)63)62(12,13)14;/h16-33,37H,1-15H3;/q-2;. The van der Waals surface area contributed by atoms with Crippen molar-refractivity contribution in [3.05, 3.63) is 178 Å². The van der Waals surface area contributed by atoms with Gasteiger partial charge in [0.05, 0.1) is 18.1 Å². The van der Waals surface area contributed by atoms with Gasteiger partial charge in [-0.3, -0.25) is 0 Å². The van der Waals surface area contributed by atoms with Crippen LogP contribution in [0.15, 0.2) is 109 Å². The Labute approximate surface area is 423 Å². The van der Waals surface area contributed by atoms with Gasteiger partial charge in [0.25, 0.3) is 0 Å². The molecular weight excluding hydrogens is 1020 g/mol. The largest absolute Gasteiger partial charge is 0.510 e. The molecule has 6 heteroatoms. The molecule has 0 bridgehead atoms. The molecular formula is C63H64N4OPt-2. The summed E-state index contributed by atoms with van der Waals surface area (Å²) in [5.74, 6) is 2.46. The monoisotopic (exact) mass is 1090 g/mol. The van der Waals surface area contributed by atoms with Crippen LogP contribution in [0.25, 0.3) is 55.5 Å². The van der Waals surface area contributed by atoms with Gasteiger partial charge in [-0.1, -0.05) is 169 Å². The van der Waals surface area contributed by atoms with E-state index in [9.17, 15) is 0 Å². The van der Waals surface area contributed by atoms with Gasteiger partial charge < -0.3 is 18.4 Å². The fraction of sp³-hybridized carbons (Fsp3) is 0.333. The van der Waals surface area contributed by atoms with E-state index < -0.39 is 5.41 Å². The second-order valence-electron chi connectivity index (χ2n) is 24.0. The second kappa shape index (κ2) is 15.6. The molecule has 3 aromatic heterocycles. The van der Waals surface area contributed by atoms with Crippen molar-refractivity contribution in [1.82, 2.24) is 14.1 Å². The number of pyridine rings is 1. The van der Waals surface area contributed by atoms with Gasteiger partial charge in [-0.05, 0) is 107 Å². The Balaban J connectivity index is 0.00000553. The maximum Gasteiger partial charge on any atom is 0.242 e. The van der Waals surface area contributed by atoms with Gasteiger partial charge in [-0.15, -0.1) is 35.2 Å². The van der Waals surface area contributed by atoms with E-state index in [4.69, 9.17) is 9.72 Å². The molecule has 0 N–H and O–H groups in total. The fourth-order valence-electron chi connectivity index (χ4n) is 11.3. The molecule has 0 fully saturated rings. The third-order valence-electron chi connectivity index (χ3n) is 14.9. The zero-order chi connectivity index (χ0) is 48.2. The van der Waals surface area contributed by atoms with Gasteiger partial charge in [-0.25, -0.2) is 4.98 Å². The van der Waals surface area contributed by atoms with E-state index in [-0.39, 0.29) is 42.7 Å². The zero-order valence-corrected chi connectivity index (χ0v) is 45.3. The summed E-state index contributed by atoms with van der Waals surface area (Å²) in [6, 6.07) is 46.2. The third-order valence-corrected chi connectivity index (χ3v) is 14.9. The molecule has 2 aliphatic rings. The molecule has 0 saturated carbocycles. The number of imidazole rings is 1. The van der Waals surface area contributed by atoms with Crippen molar-refractivity contribution in [1.29, 1.82) is 0 Å². The van der Waals surface area contributed by atoms with E-state index in [0.29, 0.717) is 17.4 Å². The Morgan fingerprint density at radius 1 is 0.623 bits per heavy atom. The molecule has 0 atom stereocenters. The Kier molecular flexibility index (Phi) is 10.6. The number of aromatic nitrogens is 4. The third kappa shape index (κ3) is 7.03. The number of nitrogens with zero attached hydrogens (tertiary/aromatic N) is 4. The molecule has 6 aromatic carbocycles. The number of ether oxygens (including phenoxy) is 1. The molecule has 1 aliphatic carbocycles. The molecule has 69 heavy (non-hydrogen) atoms. The average molecular weight is 1090 g/mol. The van der Waals surface area contributed by atoms with Crippen LogP contribution in [0, 0.1) is 18.5 Å². The normalized spacial score (nSPS) is 14.1. The maximum absolute atomic E-state index is 6.97. The summed E-state index contributed by atoms with van der Waals surface area (Å²) < 4.78 is 13.6. The molecule has 4 heterocycles. The fourth-order valence-corrected chi connectivity index (χ4v) is 11.3. The Morgan fingerprint density at radius 3 is 1.84 bits per heavy atom. The van der Waals surface area contributed by atoms with Gasteiger partial charge in [-0.2, -0.15) is 12.1 Å². The van der Waals surface area contributed by atoms with Crippen LogP contribution < -0.4 is 9.30 Å². The molecule has 9 aromatic rings. The Bertz CT molecular complexity index is 3490. The van der Waals surface area contributed by atoms with Crippen LogP contribution in [0.3, 0.4) is 0 Å². The quantitative estimate of drug-likeness (QED) is 0.130. The first kappa shape index (κ1) is 46.9. The van der Waals surface area contributed by atoms with Crippen molar-refractivity contribution >= 4 is 32.8 Å². The van der Waals surface area contributed by atoms with E-state index in [2.05, 4.69) is 233 Å². The number of rotatable bonds is 4. The van der Waals surface area contributed by atoms with Gasteiger partial charge in [0, 0.05) is 49.7 Å². The van der Waals surface area contributed by atoms with Crippen LogP contribution in [0.2, 0.25) is 0 Å². The van der Waals surface area contributed by atoms with Crippen molar-refractivity contribution in [3.63, 3.8) is 0 Å². The molecule has 1 spiro atoms. The minimum Gasteiger partial charge on any atom is -0.510 e. The number of hydrogen-bond acceptors (Lipinski definition) is 2. The number of hydrogen-bond donors (Lipinski definition) is 0. The van der Waals surface area contributed by atoms with E-state index in [0.717, 1.165) is 44.3 Å². The van der Waals surface area contributed by atoms with Crippen LogP contribution in [-0.4, -0.2) is 14.1 Å². The van der Waals surface area contributed by atoms with Crippen molar-refractivity contribution in [2.24, 2.45) is 7.05 Å². The number of para-hydroxylation sites is 2. The topological polar surface area (TPSA) is 35.9 Å². The van der Waals surface area contributed by atoms with Crippen LogP contribution in [-0.2, 0) is 55.2 Å². The zero-order valence-electron chi connectivity index (χ0n) is 43.0. The summed E-state index contributed by atoms with van der Waals surface area (Å²) in [5.41, 5.74) is 18.6. The Morgan fingerprint density at radius 2 is 1.23 bits per heavy atom.